The topological polar surface area (TPSA) is 81.8 Å². The minimum atomic E-state index is -4.72. The fraction of sp³-hybridized carbons (Fsp3) is 0.455. The van der Waals surface area contributed by atoms with Gasteiger partial charge in [-0.3, -0.25) is 0 Å². The number of ether oxygens (including phenoxy) is 1. The molecule has 0 spiro atoms. The van der Waals surface area contributed by atoms with E-state index in [0.717, 1.165) is 30.3 Å². The summed E-state index contributed by atoms with van der Waals surface area (Å²) in [4.78, 5) is 0. The van der Waals surface area contributed by atoms with Gasteiger partial charge in [-0.2, -0.15) is 26.3 Å². The average molecular weight is 547 g/mol. The molecule has 2 rings (SSSR count). The van der Waals surface area contributed by atoms with Gasteiger partial charge in [0, 0.05) is 5.02 Å². The van der Waals surface area contributed by atoms with E-state index in [1.54, 1.807) is 0 Å². The molecule has 2 atom stereocenters. The Morgan fingerprint density at radius 2 is 1.71 bits per heavy atom. The van der Waals surface area contributed by atoms with E-state index in [4.69, 9.17) is 26.6 Å². The first-order chi connectivity index (χ1) is 16.3. The van der Waals surface area contributed by atoms with E-state index < -0.39 is 50.1 Å². The van der Waals surface area contributed by atoms with Gasteiger partial charge >= 0.3 is 21.0 Å². The monoisotopic (exact) mass is 546 g/mol. The summed E-state index contributed by atoms with van der Waals surface area (Å²) in [7, 11) is -1.08. The second-order valence-electron chi connectivity index (χ2n) is 7.98. The second-order valence-corrected chi connectivity index (χ2v) is 8.84. The molecule has 2 aromatic rings. The van der Waals surface area contributed by atoms with E-state index in [1.165, 1.54) is 6.07 Å². The van der Waals surface area contributed by atoms with E-state index in [2.05, 4.69) is 0 Å². The molecular weight excluding hydrogens is 523 g/mol. The summed E-state index contributed by atoms with van der Waals surface area (Å²) in [6.07, 6.45) is -8.90. The van der Waals surface area contributed by atoms with Crippen LogP contribution in [0.1, 0.15) is 35.1 Å². The third-order valence-electron chi connectivity index (χ3n) is 5.22. The number of aliphatic hydroxyl groups is 1. The van der Waals surface area contributed by atoms with Gasteiger partial charge in [-0.15, -0.1) is 4.52 Å². The zero-order valence-corrected chi connectivity index (χ0v) is 20.1. The van der Waals surface area contributed by atoms with Gasteiger partial charge in [0.05, 0.1) is 29.9 Å². The highest BCUT2D eigenvalue weighted by Crippen LogP contribution is 2.37. The van der Waals surface area contributed by atoms with Crippen molar-refractivity contribution in [2.45, 2.75) is 43.6 Å². The maximum Gasteiger partial charge on any atom is 0.494 e. The quantitative estimate of drug-likeness (QED) is 0.195. The van der Waals surface area contributed by atoms with Gasteiger partial charge in [-0.25, -0.2) is 0 Å². The average Bonchev–Trinajstić information content (AvgIpc) is 2.79. The summed E-state index contributed by atoms with van der Waals surface area (Å²) in [5.41, 5.74) is 3.28. The first-order valence-electron chi connectivity index (χ1n) is 10.4. The third-order valence-corrected chi connectivity index (χ3v) is 5.85. The molecular formula is C22H24ClF6NO4P+. The summed E-state index contributed by atoms with van der Waals surface area (Å²) in [5, 5.41) is 9.55. The van der Waals surface area contributed by atoms with Crippen LogP contribution in [0.25, 0.3) is 0 Å². The van der Waals surface area contributed by atoms with E-state index >= 15 is 0 Å². The normalized spacial score (nSPS) is 14.2. The first kappa shape index (κ1) is 29.3. The molecule has 0 amide bonds. The van der Waals surface area contributed by atoms with Crippen molar-refractivity contribution in [1.29, 1.82) is 0 Å². The van der Waals surface area contributed by atoms with Gasteiger partial charge in [0.1, 0.15) is 12.4 Å². The fourth-order valence-corrected chi connectivity index (χ4v) is 3.79. The van der Waals surface area contributed by atoms with Crippen molar-refractivity contribution in [1.82, 2.24) is 0 Å². The molecule has 194 valence electrons. The molecule has 5 nitrogen and oxygen atoms in total. The number of rotatable bonds is 12. The molecule has 0 aromatic heterocycles. The largest absolute Gasteiger partial charge is 0.494 e. The number of aliphatic hydroxyl groups excluding tert-OH is 1. The SMILES string of the molecule is NC(CO)(CCc1ccc(OCCCc2cc(C(F)(F)F)ccc2Cl)c(C(F)(F)F)c1)CO[PH+]=O. The number of alkyl halides is 6. The van der Waals surface area contributed by atoms with Crippen LogP contribution in [-0.4, -0.2) is 30.5 Å². The summed E-state index contributed by atoms with van der Waals surface area (Å²) < 4.78 is 99.9. The molecule has 2 unspecified atom stereocenters. The fourth-order valence-electron chi connectivity index (χ4n) is 3.23. The van der Waals surface area contributed by atoms with Crippen molar-refractivity contribution in [2.75, 3.05) is 19.8 Å². The number of halogens is 7. The number of hydrogen-bond donors (Lipinski definition) is 2. The summed E-state index contributed by atoms with van der Waals surface area (Å²) >= 11 is 5.94. The maximum absolute atomic E-state index is 13.6. The Morgan fingerprint density at radius 1 is 1.00 bits per heavy atom. The Balaban J connectivity index is 2.05. The Labute approximate surface area is 204 Å². The molecule has 0 saturated carbocycles. The third kappa shape index (κ3) is 8.91. The van der Waals surface area contributed by atoms with Crippen molar-refractivity contribution in [2.24, 2.45) is 5.73 Å². The van der Waals surface area contributed by atoms with Crippen molar-refractivity contribution in [3.8, 4) is 5.75 Å². The smallest absolute Gasteiger partial charge is 0.493 e. The highest BCUT2D eigenvalue weighted by atomic mass is 35.5. The molecule has 2 aromatic carbocycles. The van der Waals surface area contributed by atoms with Crippen molar-refractivity contribution >= 4 is 20.3 Å². The Bertz CT molecular complexity index is 1000. The molecule has 0 radical (unpaired) electrons. The van der Waals surface area contributed by atoms with Gasteiger partial charge in [0.2, 0.25) is 0 Å². The second kappa shape index (κ2) is 12.4. The summed E-state index contributed by atoms with van der Waals surface area (Å²) in [5.74, 6) is -0.423. The van der Waals surface area contributed by atoms with Crippen LogP contribution in [0.2, 0.25) is 5.02 Å². The number of hydrogen-bond acceptors (Lipinski definition) is 5. The van der Waals surface area contributed by atoms with Crippen molar-refractivity contribution in [3.63, 3.8) is 0 Å². The molecule has 0 aliphatic rings. The zero-order chi connectivity index (χ0) is 26.3. The van der Waals surface area contributed by atoms with E-state index in [0.29, 0.717) is 0 Å². The maximum atomic E-state index is 13.6. The lowest BCUT2D eigenvalue weighted by molar-refractivity contribution is -0.139. The lowest BCUT2D eigenvalue weighted by atomic mass is 9.93. The van der Waals surface area contributed by atoms with E-state index in [9.17, 15) is 36.0 Å². The zero-order valence-electron chi connectivity index (χ0n) is 18.3. The van der Waals surface area contributed by atoms with E-state index in [1.807, 2.05) is 0 Å². The number of nitrogens with two attached hydrogens (primary N) is 1. The summed E-state index contributed by atoms with van der Waals surface area (Å²) in [6, 6.07) is 6.37. The Kier molecular flexibility index (Phi) is 10.4. The minimum Gasteiger partial charge on any atom is -0.493 e. The van der Waals surface area contributed by atoms with Crippen LogP contribution in [0.15, 0.2) is 36.4 Å². The first-order valence-corrected chi connectivity index (χ1v) is 11.6. The van der Waals surface area contributed by atoms with Crippen LogP contribution < -0.4 is 10.5 Å². The molecule has 0 aliphatic heterocycles. The van der Waals surface area contributed by atoms with Crippen LogP contribution in [-0.2, 0) is 34.3 Å². The van der Waals surface area contributed by atoms with Crippen LogP contribution in [0, 0.1) is 0 Å². The van der Waals surface area contributed by atoms with Gasteiger partial charge in [0.15, 0.2) is 0 Å². The highest BCUT2D eigenvalue weighted by Gasteiger charge is 2.35. The van der Waals surface area contributed by atoms with Crippen molar-refractivity contribution < 1.29 is 45.3 Å². The molecule has 0 aliphatic carbocycles. The predicted molar refractivity (Wildman–Crippen MR) is 119 cm³/mol. The molecule has 3 N–H and O–H groups in total. The number of aryl methyl sites for hydroxylation is 2. The standard InChI is InChI=1S/C22H24ClF6NO4P/c23-18-5-4-16(21(24,25)26)11-15(18)2-1-9-33-19-6-3-14(10-17(19)22(27,28)29)7-8-20(30,12-31)13-34-35-32/h3-6,10-11,31,35H,1-2,7-9,12-13,30H2/q+1. The molecule has 0 heterocycles. The Morgan fingerprint density at radius 3 is 2.31 bits per heavy atom. The highest BCUT2D eigenvalue weighted by molar-refractivity contribution is 7.17. The Hall–Kier alpha value is -1.91. The van der Waals surface area contributed by atoms with Gasteiger partial charge in [-0.1, -0.05) is 17.7 Å². The predicted octanol–water partition coefficient (Wildman–Crippen LogP) is 5.97. The van der Waals surface area contributed by atoms with Crippen molar-refractivity contribution in [3.05, 3.63) is 63.7 Å². The molecule has 0 saturated heterocycles. The van der Waals surface area contributed by atoms with Crippen LogP contribution in [0.4, 0.5) is 26.3 Å². The van der Waals surface area contributed by atoms with Gasteiger partial charge < -0.3 is 15.6 Å². The lowest BCUT2D eigenvalue weighted by Crippen LogP contribution is -2.47. The minimum absolute atomic E-state index is 0.0726. The lowest BCUT2D eigenvalue weighted by Gasteiger charge is -2.24. The van der Waals surface area contributed by atoms with Crippen LogP contribution >= 0.6 is 20.3 Å². The van der Waals surface area contributed by atoms with Gasteiger partial charge in [-0.05, 0) is 71.7 Å². The summed E-state index contributed by atoms with van der Waals surface area (Å²) in [6.45, 7) is -0.923. The molecule has 13 heteroatoms. The van der Waals surface area contributed by atoms with E-state index in [-0.39, 0.29) is 55.0 Å². The number of benzene rings is 2. The van der Waals surface area contributed by atoms with Gasteiger partial charge in [0.25, 0.3) is 0 Å². The molecule has 0 fully saturated rings. The molecule has 35 heavy (non-hydrogen) atoms. The van der Waals surface area contributed by atoms with Crippen LogP contribution in [0.3, 0.4) is 0 Å². The molecule has 0 bridgehead atoms. The van der Waals surface area contributed by atoms with Crippen LogP contribution in [0.5, 0.6) is 5.75 Å².